The van der Waals surface area contributed by atoms with Crippen molar-refractivity contribution in [2.75, 3.05) is 39.5 Å². The van der Waals surface area contributed by atoms with Crippen LogP contribution in [0.4, 0.5) is 8.78 Å². The van der Waals surface area contributed by atoms with Gasteiger partial charge in [0.25, 0.3) is 11.5 Å². The van der Waals surface area contributed by atoms with Gasteiger partial charge in [0.15, 0.2) is 11.6 Å². The number of hydrogen-bond donors (Lipinski definition) is 2. The fraction of sp³-hybridized carbons (Fsp3) is 0.242. The Labute approximate surface area is 252 Å². The van der Waals surface area contributed by atoms with Crippen LogP contribution in [-0.4, -0.2) is 64.8 Å². The van der Waals surface area contributed by atoms with Gasteiger partial charge in [0, 0.05) is 55.7 Å². The summed E-state index contributed by atoms with van der Waals surface area (Å²) in [4.78, 5) is 36.2. The summed E-state index contributed by atoms with van der Waals surface area (Å²) in [5, 5.41) is 3.81. The maximum atomic E-state index is 13.7. The number of carbonyl (C=O) groups is 1. The molecular formula is C33H31F2N5O4. The van der Waals surface area contributed by atoms with E-state index < -0.39 is 23.1 Å². The summed E-state index contributed by atoms with van der Waals surface area (Å²) in [5.74, 6) is -1.86. The SMILES string of the molecule is O=C(NCc1cc(OCCN2CCOCC2)cc(-c2c[nH]c3ncccc23)c1)c1cccn(Cc2ccc(F)c(F)c2)c1=O. The van der Waals surface area contributed by atoms with Crippen LogP contribution in [0.15, 0.2) is 84.0 Å². The molecule has 2 aromatic carbocycles. The number of aromatic amines is 1. The highest BCUT2D eigenvalue weighted by molar-refractivity contribution is 5.94. The van der Waals surface area contributed by atoms with Crippen LogP contribution in [0.25, 0.3) is 22.2 Å². The molecule has 1 aliphatic rings. The summed E-state index contributed by atoms with van der Waals surface area (Å²) in [5.41, 5.74) is 3.19. The van der Waals surface area contributed by atoms with Gasteiger partial charge >= 0.3 is 0 Å². The zero-order valence-corrected chi connectivity index (χ0v) is 23.9. The summed E-state index contributed by atoms with van der Waals surface area (Å²) < 4.78 is 39.9. The minimum atomic E-state index is -1.000. The summed E-state index contributed by atoms with van der Waals surface area (Å²) in [6, 6.07) is 16.1. The maximum absolute atomic E-state index is 13.7. The van der Waals surface area contributed by atoms with E-state index in [1.165, 1.54) is 22.9 Å². The van der Waals surface area contributed by atoms with Gasteiger partial charge in [0.1, 0.15) is 23.6 Å². The van der Waals surface area contributed by atoms with Crippen molar-refractivity contribution in [1.82, 2.24) is 24.8 Å². The Hall–Kier alpha value is -4.87. The van der Waals surface area contributed by atoms with Crippen molar-refractivity contribution in [3.8, 4) is 16.9 Å². The molecule has 0 radical (unpaired) electrons. The van der Waals surface area contributed by atoms with E-state index in [4.69, 9.17) is 9.47 Å². The Bertz CT molecular complexity index is 1850. The lowest BCUT2D eigenvalue weighted by atomic mass is 10.0. The molecule has 0 aliphatic carbocycles. The molecule has 3 aromatic heterocycles. The van der Waals surface area contributed by atoms with Gasteiger partial charge in [-0.25, -0.2) is 13.8 Å². The topological polar surface area (TPSA) is 101 Å². The van der Waals surface area contributed by atoms with Crippen LogP contribution >= 0.6 is 0 Å². The number of ether oxygens (including phenoxy) is 2. The third-order valence-corrected chi connectivity index (χ3v) is 7.56. The summed E-state index contributed by atoms with van der Waals surface area (Å²) in [6.45, 7) is 4.55. The Balaban J connectivity index is 1.20. The molecular weight excluding hydrogens is 568 g/mol. The Morgan fingerprint density at radius 3 is 2.73 bits per heavy atom. The fourth-order valence-electron chi connectivity index (χ4n) is 5.26. The molecule has 226 valence electrons. The van der Waals surface area contributed by atoms with Crippen molar-refractivity contribution < 1.29 is 23.0 Å². The van der Waals surface area contributed by atoms with Crippen molar-refractivity contribution in [1.29, 1.82) is 0 Å². The van der Waals surface area contributed by atoms with E-state index in [0.717, 1.165) is 59.5 Å². The first-order valence-corrected chi connectivity index (χ1v) is 14.4. The summed E-state index contributed by atoms with van der Waals surface area (Å²) in [7, 11) is 0. The van der Waals surface area contributed by atoms with Gasteiger partial charge in [-0.3, -0.25) is 14.5 Å². The molecule has 0 spiro atoms. The molecule has 11 heteroatoms. The second-order valence-corrected chi connectivity index (χ2v) is 10.6. The third kappa shape index (κ3) is 6.69. The van der Waals surface area contributed by atoms with E-state index in [9.17, 15) is 18.4 Å². The molecule has 4 heterocycles. The number of nitrogens with one attached hydrogen (secondary N) is 2. The fourth-order valence-corrected chi connectivity index (χ4v) is 5.26. The number of fused-ring (bicyclic) bond motifs is 1. The molecule has 1 aliphatic heterocycles. The number of morpholine rings is 1. The number of rotatable bonds is 10. The van der Waals surface area contributed by atoms with E-state index >= 15 is 0 Å². The largest absolute Gasteiger partial charge is 0.492 e. The van der Waals surface area contributed by atoms with E-state index in [-0.39, 0.29) is 18.7 Å². The van der Waals surface area contributed by atoms with Crippen LogP contribution in [0.1, 0.15) is 21.5 Å². The molecule has 44 heavy (non-hydrogen) atoms. The highest BCUT2D eigenvalue weighted by Crippen LogP contribution is 2.31. The number of aromatic nitrogens is 3. The van der Waals surface area contributed by atoms with E-state index in [0.29, 0.717) is 31.1 Å². The van der Waals surface area contributed by atoms with Crippen LogP contribution in [0.2, 0.25) is 0 Å². The number of amides is 1. The highest BCUT2D eigenvalue weighted by atomic mass is 19.2. The number of benzene rings is 2. The lowest BCUT2D eigenvalue weighted by molar-refractivity contribution is 0.0322. The average Bonchev–Trinajstić information content (AvgIpc) is 3.47. The molecule has 9 nitrogen and oxygen atoms in total. The standard InChI is InChI=1S/C33H31F2N5O4/c34-29-6-5-22(17-30(29)35)21-40-8-2-4-27(33(40)42)32(41)38-19-23-15-24(28-20-37-31-26(28)3-1-7-36-31)18-25(16-23)44-14-11-39-9-12-43-13-10-39/h1-8,15-18,20H,9-14,19,21H2,(H,36,37)(H,38,41). The van der Waals surface area contributed by atoms with Crippen LogP contribution in [0.5, 0.6) is 5.75 Å². The minimum absolute atomic E-state index is 0.0101. The molecule has 1 saturated heterocycles. The van der Waals surface area contributed by atoms with Crippen LogP contribution in [0, 0.1) is 11.6 Å². The first-order valence-electron chi connectivity index (χ1n) is 14.4. The first kappa shape index (κ1) is 29.2. The molecule has 0 saturated carbocycles. The lowest BCUT2D eigenvalue weighted by Crippen LogP contribution is -2.38. The van der Waals surface area contributed by atoms with Crippen LogP contribution in [-0.2, 0) is 17.8 Å². The van der Waals surface area contributed by atoms with Gasteiger partial charge < -0.3 is 24.3 Å². The minimum Gasteiger partial charge on any atom is -0.492 e. The Morgan fingerprint density at radius 2 is 1.89 bits per heavy atom. The predicted octanol–water partition coefficient (Wildman–Crippen LogP) is 4.36. The Morgan fingerprint density at radius 1 is 1.02 bits per heavy atom. The second kappa shape index (κ2) is 13.2. The second-order valence-electron chi connectivity index (χ2n) is 10.6. The molecule has 0 unspecified atom stereocenters. The average molecular weight is 600 g/mol. The number of pyridine rings is 2. The van der Waals surface area contributed by atoms with Gasteiger partial charge in [-0.05, 0) is 71.3 Å². The van der Waals surface area contributed by atoms with E-state index in [2.05, 4.69) is 20.2 Å². The number of halogens is 2. The van der Waals surface area contributed by atoms with Crippen LogP contribution < -0.4 is 15.6 Å². The highest BCUT2D eigenvalue weighted by Gasteiger charge is 2.15. The number of hydrogen-bond acceptors (Lipinski definition) is 6. The first-order chi connectivity index (χ1) is 21.4. The van der Waals surface area contributed by atoms with Crippen molar-refractivity contribution in [3.05, 3.63) is 118 Å². The molecule has 5 aromatic rings. The van der Waals surface area contributed by atoms with Gasteiger partial charge in [0.2, 0.25) is 0 Å². The monoisotopic (exact) mass is 599 g/mol. The zero-order chi connectivity index (χ0) is 30.5. The summed E-state index contributed by atoms with van der Waals surface area (Å²) in [6.07, 6.45) is 5.12. The number of nitrogens with zero attached hydrogens (tertiary/aromatic N) is 3. The van der Waals surface area contributed by atoms with Gasteiger partial charge in [-0.15, -0.1) is 0 Å². The van der Waals surface area contributed by atoms with Crippen molar-refractivity contribution in [3.63, 3.8) is 0 Å². The smallest absolute Gasteiger partial charge is 0.263 e. The quantitative estimate of drug-likeness (QED) is 0.248. The normalized spacial score (nSPS) is 13.7. The molecule has 1 fully saturated rings. The van der Waals surface area contributed by atoms with Crippen molar-refractivity contribution in [2.45, 2.75) is 13.1 Å². The maximum Gasteiger partial charge on any atom is 0.263 e. The van der Waals surface area contributed by atoms with Gasteiger partial charge in [-0.2, -0.15) is 0 Å². The van der Waals surface area contributed by atoms with Crippen molar-refractivity contribution in [2.24, 2.45) is 0 Å². The molecule has 6 rings (SSSR count). The lowest BCUT2D eigenvalue weighted by Gasteiger charge is -2.26. The van der Waals surface area contributed by atoms with Crippen LogP contribution in [0.3, 0.4) is 0 Å². The van der Waals surface area contributed by atoms with Crippen molar-refractivity contribution >= 4 is 16.9 Å². The summed E-state index contributed by atoms with van der Waals surface area (Å²) >= 11 is 0. The molecule has 0 bridgehead atoms. The Kier molecular flexibility index (Phi) is 8.76. The van der Waals surface area contributed by atoms with E-state index in [1.54, 1.807) is 12.3 Å². The number of H-pyrrole nitrogens is 1. The third-order valence-electron chi connectivity index (χ3n) is 7.56. The van der Waals surface area contributed by atoms with Gasteiger partial charge in [0.05, 0.1) is 19.8 Å². The zero-order valence-electron chi connectivity index (χ0n) is 23.9. The molecule has 1 amide bonds. The van der Waals surface area contributed by atoms with E-state index in [1.807, 2.05) is 36.5 Å². The number of carbonyl (C=O) groups excluding carboxylic acids is 1. The molecule has 2 N–H and O–H groups in total. The predicted molar refractivity (Wildman–Crippen MR) is 162 cm³/mol. The van der Waals surface area contributed by atoms with Gasteiger partial charge in [-0.1, -0.05) is 6.07 Å². The molecule has 0 atom stereocenters.